The number of alkyl halides is 3. The van der Waals surface area contributed by atoms with Gasteiger partial charge >= 0.3 is 12.2 Å². The number of pyridine rings is 1. The van der Waals surface area contributed by atoms with E-state index < -0.39 is 30.2 Å². The monoisotopic (exact) mass is 502 g/mol. The van der Waals surface area contributed by atoms with Crippen LogP contribution in [0.3, 0.4) is 0 Å². The number of rotatable bonds is 4. The first kappa shape index (κ1) is 23.7. The van der Waals surface area contributed by atoms with Crippen molar-refractivity contribution in [3.05, 3.63) is 54.3 Å². The molecule has 3 amide bonds. The van der Waals surface area contributed by atoms with E-state index in [1.165, 1.54) is 11.0 Å². The number of halogens is 3. The molecule has 36 heavy (non-hydrogen) atoms. The van der Waals surface area contributed by atoms with Gasteiger partial charge in [0.05, 0.1) is 17.4 Å². The third-order valence-electron chi connectivity index (χ3n) is 6.45. The van der Waals surface area contributed by atoms with E-state index in [0.29, 0.717) is 36.8 Å². The smallest absolute Gasteiger partial charge is 0.366 e. The predicted molar refractivity (Wildman–Crippen MR) is 124 cm³/mol. The Labute approximate surface area is 204 Å². The highest BCUT2D eigenvalue weighted by molar-refractivity contribution is 5.91. The van der Waals surface area contributed by atoms with Gasteiger partial charge in [0.15, 0.2) is 0 Å². The lowest BCUT2D eigenvalue weighted by molar-refractivity contribution is -0.158. The molecule has 2 aromatic rings. The van der Waals surface area contributed by atoms with E-state index >= 15 is 0 Å². The van der Waals surface area contributed by atoms with Crippen LogP contribution in [0.25, 0.3) is 11.3 Å². The van der Waals surface area contributed by atoms with Crippen molar-refractivity contribution in [2.24, 2.45) is 7.05 Å². The molecule has 1 unspecified atom stereocenters. The van der Waals surface area contributed by atoms with E-state index in [4.69, 9.17) is 0 Å². The Morgan fingerprint density at radius 1 is 1.28 bits per heavy atom. The lowest BCUT2D eigenvalue weighted by Gasteiger charge is -2.41. The van der Waals surface area contributed by atoms with Gasteiger partial charge in [0, 0.05) is 38.1 Å². The topological polar surface area (TPSA) is 107 Å². The zero-order valence-corrected chi connectivity index (χ0v) is 19.6. The van der Waals surface area contributed by atoms with E-state index in [1.807, 2.05) is 24.6 Å². The zero-order chi connectivity index (χ0) is 25.6. The summed E-state index contributed by atoms with van der Waals surface area (Å²) in [6.45, 7) is 2.21. The highest BCUT2D eigenvalue weighted by Crippen LogP contribution is 2.34. The van der Waals surface area contributed by atoms with Gasteiger partial charge in [-0.3, -0.25) is 19.7 Å². The van der Waals surface area contributed by atoms with Crippen molar-refractivity contribution in [1.29, 1.82) is 0 Å². The van der Waals surface area contributed by atoms with Crippen LogP contribution in [0.4, 0.5) is 23.8 Å². The van der Waals surface area contributed by atoms with Crippen molar-refractivity contribution in [3.8, 4) is 11.3 Å². The van der Waals surface area contributed by atoms with Crippen LogP contribution in [0.1, 0.15) is 13.3 Å². The van der Waals surface area contributed by atoms with Gasteiger partial charge in [-0.2, -0.15) is 18.3 Å². The third kappa shape index (κ3) is 4.48. The van der Waals surface area contributed by atoms with Gasteiger partial charge in [-0.15, -0.1) is 0 Å². The highest BCUT2D eigenvalue weighted by Gasteiger charge is 2.43. The molecule has 3 N–H and O–H groups in total. The molecule has 5 heterocycles. The van der Waals surface area contributed by atoms with Crippen LogP contribution in [0, 0.1) is 0 Å². The van der Waals surface area contributed by atoms with Crippen molar-refractivity contribution in [2.75, 3.05) is 18.4 Å². The molecule has 2 aromatic heterocycles. The van der Waals surface area contributed by atoms with Gasteiger partial charge in [0.25, 0.3) is 0 Å². The third-order valence-corrected chi connectivity index (χ3v) is 6.45. The standard InChI is InChI=1S/C23H25F3N8O2/c1-13(23(24,25)26)28-21(35)17-3-4-18-20(29-17)34(15-6-10-33(18)12-15)22(36)30-19-11-14(5-8-27-19)16-7-9-32(2)31-16/h3-5,7-9,11,13,15,17,29H,6,10,12H2,1-2H3,(H,28,35)(H,27,30,36)/t13-,15+,17?/m1/s1. The molecule has 2 bridgehead atoms. The summed E-state index contributed by atoms with van der Waals surface area (Å²) in [5, 5.41) is 12.1. The van der Waals surface area contributed by atoms with E-state index in [0.717, 1.165) is 18.2 Å². The van der Waals surface area contributed by atoms with Crippen molar-refractivity contribution >= 4 is 17.8 Å². The molecule has 3 aliphatic heterocycles. The number of carbonyl (C=O) groups excluding carboxylic acids is 2. The summed E-state index contributed by atoms with van der Waals surface area (Å²) in [6, 6.07) is 1.66. The van der Waals surface area contributed by atoms with Crippen molar-refractivity contribution in [1.82, 2.24) is 35.2 Å². The van der Waals surface area contributed by atoms with Crippen LogP contribution in [-0.4, -0.2) is 73.9 Å². The fraction of sp³-hybridized carbons (Fsp3) is 0.391. The summed E-state index contributed by atoms with van der Waals surface area (Å²) in [7, 11) is 1.81. The number of urea groups is 1. The lowest BCUT2D eigenvalue weighted by atomic mass is 10.1. The number of anilines is 1. The normalized spacial score (nSPS) is 21.7. The molecule has 0 aromatic carbocycles. The average molecular weight is 503 g/mol. The molecule has 1 saturated heterocycles. The largest absolute Gasteiger partial charge is 0.408 e. The highest BCUT2D eigenvalue weighted by atomic mass is 19.4. The summed E-state index contributed by atoms with van der Waals surface area (Å²) in [5.41, 5.74) is 2.22. The second-order valence-corrected chi connectivity index (χ2v) is 8.98. The molecule has 10 nitrogen and oxygen atoms in total. The van der Waals surface area contributed by atoms with E-state index in [2.05, 4.69) is 25.6 Å². The molecule has 0 radical (unpaired) electrons. The van der Waals surface area contributed by atoms with Gasteiger partial charge < -0.3 is 15.5 Å². The Balaban J connectivity index is 1.35. The first-order valence-electron chi connectivity index (χ1n) is 11.5. The first-order valence-corrected chi connectivity index (χ1v) is 11.5. The van der Waals surface area contributed by atoms with Crippen LogP contribution in [-0.2, 0) is 11.8 Å². The number of hydrogen-bond acceptors (Lipinski definition) is 6. The van der Waals surface area contributed by atoms with Crippen LogP contribution in [0.5, 0.6) is 0 Å². The number of fused-ring (bicyclic) bond motifs is 3. The van der Waals surface area contributed by atoms with E-state index in [1.54, 1.807) is 29.1 Å². The number of hydrogen-bond donors (Lipinski definition) is 3. The Hall–Kier alpha value is -4.03. The maximum absolute atomic E-state index is 13.4. The van der Waals surface area contributed by atoms with Crippen molar-refractivity contribution < 1.29 is 22.8 Å². The van der Waals surface area contributed by atoms with Gasteiger partial charge in [-0.25, -0.2) is 9.78 Å². The van der Waals surface area contributed by atoms with E-state index in [-0.39, 0.29) is 6.04 Å². The van der Waals surface area contributed by atoms with Gasteiger partial charge in [0.2, 0.25) is 5.91 Å². The molecule has 5 rings (SSSR count). The maximum Gasteiger partial charge on any atom is 0.408 e. The molecule has 3 atom stereocenters. The number of nitrogens with one attached hydrogen (secondary N) is 3. The summed E-state index contributed by atoms with van der Waals surface area (Å²) >= 11 is 0. The second kappa shape index (κ2) is 8.88. The number of aromatic nitrogens is 3. The summed E-state index contributed by atoms with van der Waals surface area (Å²) in [4.78, 5) is 33.9. The number of carbonyl (C=O) groups is 2. The lowest BCUT2D eigenvalue weighted by Crippen LogP contribution is -2.57. The predicted octanol–water partition coefficient (Wildman–Crippen LogP) is 2.17. The Bertz CT molecular complexity index is 1250. The number of nitrogens with zero attached hydrogens (tertiary/aromatic N) is 5. The first-order chi connectivity index (χ1) is 17.1. The van der Waals surface area contributed by atoms with Gasteiger partial charge in [0.1, 0.15) is 23.7 Å². The number of aryl methyl sites for hydroxylation is 1. The molecular formula is C23H25F3N8O2. The van der Waals surface area contributed by atoms with Crippen LogP contribution >= 0.6 is 0 Å². The van der Waals surface area contributed by atoms with Gasteiger partial charge in [-0.1, -0.05) is 6.08 Å². The van der Waals surface area contributed by atoms with Crippen LogP contribution in [0.2, 0.25) is 0 Å². The minimum atomic E-state index is -4.56. The van der Waals surface area contributed by atoms with E-state index in [9.17, 15) is 22.8 Å². The zero-order valence-electron chi connectivity index (χ0n) is 19.6. The van der Waals surface area contributed by atoms with Crippen molar-refractivity contribution in [3.63, 3.8) is 0 Å². The Kier molecular flexibility index (Phi) is 5.85. The summed E-state index contributed by atoms with van der Waals surface area (Å²) < 4.78 is 40.5. The number of allylic oxidation sites excluding steroid dienone is 1. The number of dihydropyridines is 1. The van der Waals surface area contributed by atoms with Gasteiger partial charge in [-0.05, 0) is 37.6 Å². The summed E-state index contributed by atoms with van der Waals surface area (Å²) in [6.07, 6.45) is 2.71. The molecular weight excluding hydrogens is 477 g/mol. The molecule has 1 fully saturated rings. The Morgan fingerprint density at radius 2 is 2.08 bits per heavy atom. The molecule has 0 saturated carbocycles. The summed E-state index contributed by atoms with van der Waals surface area (Å²) in [5.74, 6) is -0.129. The molecule has 3 aliphatic rings. The average Bonchev–Trinajstić information content (AvgIpc) is 3.45. The van der Waals surface area contributed by atoms with Crippen LogP contribution < -0.4 is 16.0 Å². The molecule has 0 aliphatic carbocycles. The SMILES string of the molecule is C[C@@H](NC(=O)C1C=CC2=C(N1)N(C(=O)Nc1cc(-c3ccn(C)n3)ccn1)[C@H]1CCN2C1)C(F)(F)F. The fourth-order valence-corrected chi connectivity index (χ4v) is 4.54. The second-order valence-electron chi connectivity index (χ2n) is 8.98. The van der Waals surface area contributed by atoms with Crippen molar-refractivity contribution in [2.45, 2.75) is 37.6 Å². The molecule has 190 valence electrons. The maximum atomic E-state index is 13.4. The van der Waals surface area contributed by atoms with Crippen LogP contribution in [0.15, 0.2) is 54.3 Å². The molecule has 13 heteroatoms. The fourth-order valence-electron chi connectivity index (χ4n) is 4.54. The minimum Gasteiger partial charge on any atom is -0.366 e. The Morgan fingerprint density at radius 3 is 2.81 bits per heavy atom. The number of amides is 3. The minimum absolute atomic E-state index is 0.167. The molecule has 0 spiro atoms. The quantitative estimate of drug-likeness (QED) is 0.592.